The highest BCUT2D eigenvalue weighted by molar-refractivity contribution is 6.13. The van der Waals surface area contributed by atoms with E-state index in [9.17, 15) is 18.0 Å². The summed E-state index contributed by atoms with van der Waals surface area (Å²) in [6, 6.07) is 7.33. The number of benzene rings is 1. The summed E-state index contributed by atoms with van der Waals surface area (Å²) in [5, 5.41) is 4.19. The second kappa shape index (κ2) is 11.1. The maximum absolute atomic E-state index is 13.4. The van der Waals surface area contributed by atoms with Crippen molar-refractivity contribution in [1.29, 1.82) is 0 Å². The number of nitrogens with two attached hydrogens (primary N) is 2. The van der Waals surface area contributed by atoms with Gasteiger partial charge in [-0.3, -0.25) is 9.79 Å². The number of anilines is 2. The maximum Gasteiger partial charge on any atom is 0.431 e. The Labute approximate surface area is 218 Å². The van der Waals surface area contributed by atoms with Gasteiger partial charge < -0.3 is 21.7 Å². The van der Waals surface area contributed by atoms with E-state index < -0.39 is 23.4 Å². The molecule has 5 N–H and O–H groups in total. The average molecular weight is 526 g/mol. The first kappa shape index (κ1) is 26.9. The van der Waals surface area contributed by atoms with Crippen LogP contribution in [0.4, 0.5) is 24.8 Å². The molecule has 0 aliphatic carbocycles. The van der Waals surface area contributed by atoms with Crippen molar-refractivity contribution in [3.05, 3.63) is 70.2 Å². The topological polar surface area (TPSA) is 123 Å². The fourth-order valence-corrected chi connectivity index (χ4v) is 4.55. The minimum atomic E-state index is -4.89. The van der Waals surface area contributed by atoms with E-state index >= 15 is 0 Å². The first-order valence-corrected chi connectivity index (χ1v) is 12.2. The first-order chi connectivity index (χ1) is 18.1. The molecule has 1 saturated heterocycles. The van der Waals surface area contributed by atoms with Gasteiger partial charge in [-0.25, -0.2) is 9.97 Å². The molecule has 0 unspecified atom stereocenters. The predicted octanol–water partition coefficient (Wildman–Crippen LogP) is 4.09. The molecule has 11 heteroatoms. The summed E-state index contributed by atoms with van der Waals surface area (Å²) in [6.07, 6.45) is 1.44. The highest BCUT2D eigenvalue weighted by Crippen LogP contribution is 2.28. The summed E-state index contributed by atoms with van der Waals surface area (Å²) in [5.41, 5.74) is 12.2. The van der Waals surface area contributed by atoms with Gasteiger partial charge in [0.2, 0.25) is 0 Å². The number of aliphatic imine (C=N–C) groups is 1. The van der Waals surface area contributed by atoms with E-state index in [-0.39, 0.29) is 13.1 Å². The van der Waals surface area contributed by atoms with Crippen LogP contribution in [0.3, 0.4) is 0 Å². The Bertz CT molecular complexity index is 1390. The molecule has 4 rings (SSSR count). The number of nitrogen functional groups attached to an aromatic ring is 1. The fraction of sp³-hybridized carbons (Fsp3) is 0.333. The molecule has 2 aromatic heterocycles. The SMILES string of the molecule is Cc1cc2c(N)nccc2c(C)c1CNC(=O)/C(C=NCc1ccc(N2CCCC2)nc1)=C(/N)C(F)(F)F. The monoisotopic (exact) mass is 525 g/mol. The summed E-state index contributed by atoms with van der Waals surface area (Å²) in [5.74, 6) is 0.263. The van der Waals surface area contributed by atoms with Gasteiger partial charge >= 0.3 is 6.18 Å². The first-order valence-electron chi connectivity index (χ1n) is 12.2. The lowest BCUT2D eigenvalue weighted by Gasteiger charge is -2.16. The van der Waals surface area contributed by atoms with Gasteiger partial charge in [-0.1, -0.05) is 6.07 Å². The second-order valence-corrected chi connectivity index (χ2v) is 9.28. The van der Waals surface area contributed by atoms with E-state index in [1.165, 1.54) is 0 Å². The lowest BCUT2D eigenvalue weighted by atomic mass is 9.96. The molecule has 0 bridgehead atoms. The van der Waals surface area contributed by atoms with Crippen molar-refractivity contribution >= 4 is 34.5 Å². The van der Waals surface area contributed by atoms with Crippen LogP contribution in [0.25, 0.3) is 10.8 Å². The molecule has 1 amide bonds. The molecule has 0 spiro atoms. The van der Waals surface area contributed by atoms with Crippen molar-refractivity contribution in [1.82, 2.24) is 15.3 Å². The zero-order valence-electron chi connectivity index (χ0n) is 21.3. The number of rotatable bonds is 7. The third kappa shape index (κ3) is 5.87. The van der Waals surface area contributed by atoms with Crippen molar-refractivity contribution in [3.63, 3.8) is 0 Å². The van der Waals surface area contributed by atoms with E-state index in [1.54, 1.807) is 18.5 Å². The van der Waals surface area contributed by atoms with Crippen LogP contribution in [0.5, 0.6) is 0 Å². The Hall–Kier alpha value is -4.15. The number of hydrogen-bond donors (Lipinski definition) is 3. The molecule has 0 atom stereocenters. The number of halogens is 3. The number of nitrogens with one attached hydrogen (secondary N) is 1. The molecule has 1 fully saturated rings. The highest BCUT2D eigenvalue weighted by atomic mass is 19.4. The number of hydrogen-bond acceptors (Lipinski definition) is 7. The quantitative estimate of drug-likeness (QED) is 0.316. The molecule has 3 aromatic rings. The molecule has 38 heavy (non-hydrogen) atoms. The predicted molar refractivity (Wildman–Crippen MR) is 143 cm³/mol. The maximum atomic E-state index is 13.4. The normalized spacial score (nSPS) is 14.8. The number of aryl methyl sites for hydroxylation is 2. The molecule has 8 nitrogen and oxygen atoms in total. The summed E-state index contributed by atoms with van der Waals surface area (Å²) in [4.78, 5) is 27.6. The molecular formula is C27H30F3N7O. The van der Waals surface area contributed by atoms with Crippen LogP contribution in [0.15, 0.2) is 52.9 Å². The van der Waals surface area contributed by atoms with Gasteiger partial charge in [0.25, 0.3) is 5.91 Å². The van der Waals surface area contributed by atoms with Crippen LogP contribution >= 0.6 is 0 Å². The molecule has 3 heterocycles. The van der Waals surface area contributed by atoms with E-state index in [2.05, 4.69) is 25.2 Å². The van der Waals surface area contributed by atoms with Crippen LogP contribution in [-0.2, 0) is 17.9 Å². The van der Waals surface area contributed by atoms with Gasteiger partial charge in [-0.2, -0.15) is 13.2 Å². The van der Waals surface area contributed by atoms with Crippen LogP contribution in [-0.4, -0.2) is 41.4 Å². The van der Waals surface area contributed by atoms with Crippen molar-refractivity contribution in [2.24, 2.45) is 10.7 Å². The van der Waals surface area contributed by atoms with Gasteiger partial charge in [0, 0.05) is 43.6 Å². The molecule has 1 aliphatic heterocycles. The van der Waals surface area contributed by atoms with E-state index in [4.69, 9.17) is 11.5 Å². The molecule has 1 aromatic carbocycles. The van der Waals surface area contributed by atoms with Crippen LogP contribution in [0, 0.1) is 13.8 Å². The van der Waals surface area contributed by atoms with Crippen LogP contribution < -0.4 is 21.7 Å². The fourth-order valence-electron chi connectivity index (χ4n) is 4.55. The third-order valence-electron chi connectivity index (χ3n) is 6.71. The molecule has 1 aliphatic rings. The Kier molecular flexibility index (Phi) is 7.84. The van der Waals surface area contributed by atoms with E-state index in [1.807, 2.05) is 32.0 Å². The average Bonchev–Trinajstić information content (AvgIpc) is 3.42. The van der Waals surface area contributed by atoms with Crippen molar-refractivity contribution in [3.8, 4) is 0 Å². The number of aromatic nitrogens is 2. The Morgan fingerprint density at radius 2 is 1.89 bits per heavy atom. The van der Waals surface area contributed by atoms with Crippen molar-refractivity contribution < 1.29 is 18.0 Å². The number of fused-ring (bicyclic) bond motifs is 1. The number of nitrogens with zero attached hydrogens (tertiary/aromatic N) is 4. The van der Waals surface area contributed by atoms with E-state index in [0.29, 0.717) is 11.4 Å². The number of alkyl halides is 3. The largest absolute Gasteiger partial charge is 0.431 e. The summed E-state index contributed by atoms with van der Waals surface area (Å²) in [6.45, 7) is 5.65. The smallest absolute Gasteiger partial charge is 0.394 e. The summed E-state index contributed by atoms with van der Waals surface area (Å²) in [7, 11) is 0. The molecule has 0 saturated carbocycles. The number of carbonyl (C=O) groups is 1. The molecule has 200 valence electrons. The number of amides is 1. The van der Waals surface area contributed by atoms with Gasteiger partial charge in [0.15, 0.2) is 0 Å². The zero-order chi connectivity index (χ0) is 27.4. The Balaban J connectivity index is 1.50. The number of pyridine rings is 2. The Morgan fingerprint density at radius 1 is 1.16 bits per heavy atom. The van der Waals surface area contributed by atoms with Crippen molar-refractivity contribution in [2.75, 3.05) is 23.7 Å². The van der Waals surface area contributed by atoms with Crippen LogP contribution in [0.1, 0.15) is 35.1 Å². The number of carbonyl (C=O) groups excluding carboxylic acids is 1. The van der Waals surface area contributed by atoms with Gasteiger partial charge in [0.1, 0.15) is 17.3 Å². The summed E-state index contributed by atoms with van der Waals surface area (Å²) < 4.78 is 40.3. The van der Waals surface area contributed by atoms with Gasteiger partial charge in [-0.05, 0) is 72.5 Å². The minimum Gasteiger partial charge on any atom is -0.394 e. The lowest BCUT2D eigenvalue weighted by molar-refractivity contribution is -0.119. The standard InChI is InChI=1S/C27H30F3N7O/c1-16-11-20-19(7-8-34-25(20)32)17(2)21(16)15-36-26(38)22(24(31)27(28,29)30)14-33-12-18-5-6-23(35-13-18)37-9-3-4-10-37/h5-8,11,13-14H,3-4,9-10,12,15,31H2,1-2H3,(H2,32,34)(H,36,38)/b24-22+,33-14?. The van der Waals surface area contributed by atoms with Gasteiger partial charge in [-0.15, -0.1) is 0 Å². The second-order valence-electron chi connectivity index (χ2n) is 9.28. The highest BCUT2D eigenvalue weighted by Gasteiger charge is 2.35. The minimum absolute atomic E-state index is 0.000965. The summed E-state index contributed by atoms with van der Waals surface area (Å²) >= 11 is 0. The molecular weight excluding hydrogens is 495 g/mol. The van der Waals surface area contributed by atoms with Crippen molar-refractivity contribution in [2.45, 2.75) is 46.0 Å². The number of allylic oxidation sites excluding steroid dienone is 1. The zero-order valence-corrected chi connectivity index (χ0v) is 21.3. The Morgan fingerprint density at radius 3 is 2.55 bits per heavy atom. The van der Waals surface area contributed by atoms with Gasteiger partial charge in [0.05, 0.1) is 12.1 Å². The molecule has 0 radical (unpaired) electrons. The lowest BCUT2D eigenvalue weighted by Crippen LogP contribution is -2.32. The third-order valence-corrected chi connectivity index (χ3v) is 6.71. The van der Waals surface area contributed by atoms with E-state index in [0.717, 1.165) is 65.4 Å². The van der Waals surface area contributed by atoms with Crippen LogP contribution in [0.2, 0.25) is 0 Å².